The average molecular weight is 458 g/mol. The van der Waals surface area contributed by atoms with E-state index in [2.05, 4.69) is 36.2 Å². The summed E-state index contributed by atoms with van der Waals surface area (Å²) in [4.78, 5) is 24.9. The number of H-pyrrole nitrogens is 1. The molecule has 0 unspecified atom stereocenters. The molecular formula is C20H14BrClN4O2. The number of halogens is 2. The summed E-state index contributed by atoms with van der Waals surface area (Å²) in [6.07, 6.45) is 1.03. The Kier molecular flexibility index (Phi) is 4.21. The highest BCUT2D eigenvalue weighted by molar-refractivity contribution is 9.10. The maximum atomic E-state index is 12.6. The molecule has 3 heterocycles. The van der Waals surface area contributed by atoms with Crippen molar-refractivity contribution in [2.75, 3.05) is 13.1 Å². The number of nitrogens with zero attached hydrogens (tertiary/aromatic N) is 2. The Bertz CT molecular complexity index is 1330. The zero-order valence-electron chi connectivity index (χ0n) is 14.6. The zero-order valence-corrected chi connectivity index (χ0v) is 16.9. The number of hydrogen-bond donors (Lipinski definition) is 2. The first-order valence-corrected chi connectivity index (χ1v) is 9.98. The molecule has 0 saturated heterocycles. The summed E-state index contributed by atoms with van der Waals surface area (Å²) >= 11 is 9.98. The molecule has 0 atom stereocenters. The normalized spacial score (nSPS) is 14.3. The molecule has 0 amide bonds. The number of amidine groups is 1. The van der Waals surface area contributed by atoms with Gasteiger partial charge in [0.2, 0.25) is 0 Å². The highest BCUT2D eigenvalue weighted by atomic mass is 79.9. The van der Waals surface area contributed by atoms with E-state index in [0.29, 0.717) is 21.8 Å². The lowest BCUT2D eigenvalue weighted by molar-refractivity contribution is 0.563. The van der Waals surface area contributed by atoms with Crippen LogP contribution in [0.25, 0.3) is 33.4 Å². The molecule has 2 aromatic carbocycles. The minimum absolute atomic E-state index is 0.221. The van der Waals surface area contributed by atoms with Crippen LogP contribution < -0.4 is 10.9 Å². The predicted octanol–water partition coefficient (Wildman–Crippen LogP) is 4.49. The van der Waals surface area contributed by atoms with E-state index in [1.807, 2.05) is 24.3 Å². The molecule has 2 N–H and O–H groups in total. The van der Waals surface area contributed by atoms with Gasteiger partial charge in [-0.15, -0.1) is 0 Å². The smallest absolute Gasteiger partial charge is 0.348 e. The molecule has 140 valence electrons. The van der Waals surface area contributed by atoms with Gasteiger partial charge in [0.1, 0.15) is 22.8 Å². The van der Waals surface area contributed by atoms with E-state index in [1.54, 1.807) is 12.1 Å². The second-order valence-electron chi connectivity index (χ2n) is 6.55. The van der Waals surface area contributed by atoms with Gasteiger partial charge in [0.15, 0.2) is 0 Å². The fourth-order valence-corrected chi connectivity index (χ4v) is 4.02. The minimum atomic E-state index is -0.530. The minimum Gasteiger partial charge on any atom is -0.422 e. The molecule has 2 aromatic heterocycles. The van der Waals surface area contributed by atoms with Crippen LogP contribution in [0, 0.1) is 0 Å². The molecule has 0 bridgehead atoms. The Morgan fingerprint density at radius 3 is 2.89 bits per heavy atom. The molecule has 0 radical (unpaired) electrons. The molecule has 8 heteroatoms. The van der Waals surface area contributed by atoms with E-state index in [-0.39, 0.29) is 5.56 Å². The van der Waals surface area contributed by atoms with Crippen LogP contribution in [0.4, 0.5) is 0 Å². The van der Waals surface area contributed by atoms with Crippen molar-refractivity contribution in [2.45, 2.75) is 6.42 Å². The Labute approximate surface area is 172 Å². The van der Waals surface area contributed by atoms with Crippen molar-refractivity contribution in [3.63, 3.8) is 0 Å². The fourth-order valence-electron chi connectivity index (χ4n) is 3.34. The number of benzene rings is 2. The van der Waals surface area contributed by atoms with Gasteiger partial charge in [-0.3, -0.25) is 4.99 Å². The lowest BCUT2D eigenvalue weighted by Crippen LogP contribution is -2.30. The van der Waals surface area contributed by atoms with Gasteiger partial charge in [-0.2, -0.15) is 0 Å². The van der Waals surface area contributed by atoms with E-state index in [4.69, 9.17) is 16.0 Å². The summed E-state index contributed by atoms with van der Waals surface area (Å²) in [7, 11) is 0. The third kappa shape index (κ3) is 2.91. The molecule has 0 saturated carbocycles. The maximum absolute atomic E-state index is 12.6. The number of aliphatic imine (C=N–C) groups is 1. The van der Waals surface area contributed by atoms with Crippen molar-refractivity contribution in [2.24, 2.45) is 4.99 Å². The third-order valence-electron chi connectivity index (χ3n) is 4.69. The van der Waals surface area contributed by atoms with Crippen LogP contribution in [0.3, 0.4) is 0 Å². The number of aromatic nitrogens is 2. The van der Waals surface area contributed by atoms with E-state index < -0.39 is 5.63 Å². The first kappa shape index (κ1) is 17.5. The molecule has 4 aromatic rings. The Morgan fingerprint density at radius 1 is 1.18 bits per heavy atom. The lowest BCUT2D eigenvalue weighted by Gasteiger charge is -2.14. The number of rotatable bonds is 2. The summed E-state index contributed by atoms with van der Waals surface area (Å²) in [6.45, 7) is 1.73. The Balaban J connectivity index is 1.67. The average Bonchev–Trinajstić information content (AvgIpc) is 3.12. The summed E-state index contributed by atoms with van der Waals surface area (Å²) < 4.78 is 6.29. The topological polar surface area (TPSA) is 83.3 Å². The lowest BCUT2D eigenvalue weighted by atomic mass is 10.1. The van der Waals surface area contributed by atoms with Gasteiger partial charge < -0.3 is 14.7 Å². The van der Waals surface area contributed by atoms with Gasteiger partial charge in [0.05, 0.1) is 16.1 Å². The number of nitrogens with one attached hydrogen (secondary N) is 2. The summed E-state index contributed by atoms with van der Waals surface area (Å²) in [5, 5.41) is 4.26. The van der Waals surface area contributed by atoms with Crippen LogP contribution in [-0.4, -0.2) is 28.9 Å². The van der Waals surface area contributed by atoms with Gasteiger partial charge in [-0.1, -0.05) is 27.5 Å². The predicted molar refractivity (Wildman–Crippen MR) is 114 cm³/mol. The van der Waals surface area contributed by atoms with Gasteiger partial charge in [-0.05, 0) is 42.8 Å². The van der Waals surface area contributed by atoms with Crippen molar-refractivity contribution in [3.8, 4) is 11.4 Å². The van der Waals surface area contributed by atoms with E-state index in [1.165, 1.54) is 0 Å². The maximum Gasteiger partial charge on any atom is 0.348 e. The molecular weight excluding hydrogens is 444 g/mol. The molecule has 0 spiro atoms. The third-order valence-corrected chi connectivity index (χ3v) is 5.58. The SMILES string of the molecule is O=c1oc2ccc(Br)cc2c(Cl)c1-c1nc2ccc(C3=NCCCN3)cc2[nH]1. The van der Waals surface area contributed by atoms with Crippen LogP contribution in [0.2, 0.25) is 5.02 Å². The van der Waals surface area contributed by atoms with Crippen molar-refractivity contribution < 1.29 is 4.42 Å². The van der Waals surface area contributed by atoms with E-state index in [0.717, 1.165) is 46.4 Å². The number of imidazole rings is 1. The van der Waals surface area contributed by atoms with Crippen LogP contribution in [0.15, 0.2) is 55.1 Å². The molecule has 1 aliphatic rings. The Hall–Kier alpha value is -2.64. The van der Waals surface area contributed by atoms with Gasteiger partial charge in [0.25, 0.3) is 0 Å². The molecule has 28 heavy (non-hydrogen) atoms. The van der Waals surface area contributed by atoms with Crippen molar-refractivity contribution >= 4 is 55.4 Å². The summed E-state index contributed by atoms with van der Waals surface area (Å²) in [5.74, 6) is 1.25. The number of aromatic amines is 1. The van der Waals surface area contributed by atoms with E-state index in [9.17, 15) is 4.79 Å². The highest BCUT2D eigenvalue weighted by Gasteiger charge is 2.19. The van der Waals surface area contributed by atoms with Crippen LogP contribution >= 0.6 is 27.5 Å². The fraction of sp³-hybridized carbons (Fsp3) is 0.150. The Morgan fingerprint density at radius 2 is 2.07 bits per heavy atom. The first-order valence-electron chi connectivity index (χ1n) is 8.81. The van der Waals surface area contributed by atoms with Crippen molar-refractivity contribution in [1.82, 2.24) is 15.3 Å². The van der Waals surface area contributed by atoms with Crippen LogP contribution in [0.5, 0.6) is 0 Å². The summed E-state index contributed by atoms with van der Waals surface area (Å²) in [5.41, 5.74) is 2.63. The monoisotopic (exact) mass is 456 g/mol. The summed E-state index contributed by atoms with van der Waals surface area (Å²) in [6, 6.07) is 11.2. The van der Waals surface area contributed by atoms with Crippen LogP contribution in [0.1, 0.15) is 12.0 Å². The van der Waals surface area contributed by atoms with Gasteiger partial charge >= 0.3 is 5.63 Å². The standard InChI is InChI=1S/C20H14BrClN4O2/c21-11-3-5-15-12(9-11)17(22)16(20(27)28-15)19-25-13-4-2-10(8-14(13)26-19)18-23-6-1-7-24-18/h2-5,8-9H,1,6-7H2,(H,23,24)(H,25,26). The molecule has 1 aliphatic heterocycles. The second kappa shape index (κ2) is 6.76. The largest absolute Gasteiger partial charge is 0.422 e. The molecule has 0 aliphatic carbocycles. The van der Waals surface area contributed by atoms with E-state index >= 15 is 0 Å². The van der Waals surface area contributed by atoms with Crippen molar-refractivity contribution in [1.29, 1.82) is 0 Å². The molecule has 0 fully saturated rings. The van der Waals surface area contributed by atoms with Gasteiger partial charge in [0, 0.05) is 28.5 Å². The number of fused-ring (bicyclic) bond motifs is 2. The highest BCUT2D eigenvalue weighted by Crippen LogP contribution is 2.32. The molecule has 5 rings (SSSR count). The molecule has 6 nitrogen and oxygen atoms in total. The quantitative estimate of drug-likeness (QED) is 0.434. The zero-order chi connectivity index (χ0) is 19.3. The second-order valence-corrected chi connectivity index (χ2v) is 7.84. The van der Waals surface area contributed by atoms with Crippen LogP contribution in [-0.2, 0) is 0 Å². The van der Waals surface area contributed by atoms with Crippen molar-refractivity contribution in [3.05, 3.63) is 61.9 Å². The first-order chi connectivity index (χ1) is 13.6. The van der Waals surface area contributed by atoms with Gasteiger partial charge in [-0.25, -0.2) is 9.78 Å². The number of hydrogen-bond acceptors (Lipinski definition) is 5.